The molecule has 0 aliphatic carbocycles. The predicted octanol–water partition coefficient (Wildman–Crippen LogP) is 2.10. The minimum atomic E-state index is -3.59. The average molecular weight is 442 g/mol. The van der Waals surface area contributed by atoms with Crippen LogP contribution in [0.4, 0.5) is 5.69 Å². The number of carbonyl (C=O) groups excluding carboxylic acids is 1. The van der Waals surface area contributed by atoms with E-state index >= 15 is 0 Å². The van der Waals surface area contributed by atoms with Gasteiger partial charge in [-0.3, -0.25) is 14.3 Å². The van der Waals surface area contributed by atoms with Gasteiger partial charge in [-0.05, 0) is 31.9 Å². The van der Waals surface area contributed by atoms with Gasteiger partial charge in [0.1, 0.15) is 5.56 Å². The molecule has 0 radical (unpaired) electrons. The van der Waals surface area contributed by atoms with Gasteiger partial charge in [-0.2, -0.15) is 0 Å². The molecule has 2 heterocycles. The van der Waals surface area contributed by atoms with Gasteiger partial charge in [-0.25, -0.2) is 8.42 Å². The fraction of sp³-hybridized carbons (Fsp3) is 0.474. The van der Waals surface area contributed by atoms with Crippen LogP contribution < -0.4 is 10.5 Å². The van der Waals surface area contributed by atoms with Crippen LogP contribution in [0.5, 0.6) is 0 Å². The first-order valence-electron chi connectivity index (χ1n) is 9.32. The Morgan fingerprint density at radius 1 is 1.34 bits per heavy atom. The third kappa shape index (κ3) is 4.12. The zero-order valence-electron chi connectivity index (χ0n) is 16.6. The molecular formula is C19H24ClN3O5S. The molecule has 0 bridgehead atoms. The van der Waals surface area contributed by atoms with Gasteiger partial charge in [0.2, 0.25) is 5.78 Å². The van der Waals surface area contributed by atoms with Crippen LogP contribution in [0.15, 0.2) is 28.0 Å². The number of carbonyl (C=O) groups is 1. The second kappa shape index (κ2) is 8.33. The Morgan fingerprint density at radius 3 is 2.66 bits per heavy atom. The van der Waals surface area contributed by atoms with Crippen molar-refractivity contribution in [3.63, 3.8) is 0 Å². The third-order valence-corrected chi connectivity index (χ3v) is 6.66. The lowest BCUT2D eigenvalue weighted by Crippen LogP contribution is -2.40. The van der Waals surface area contributed by atoms with Gasteiger partial charge < -0.3 is 14.7 Å². The van der Waals surface area contributed by atoms with E-state index in [2.05, 4.69) is 5.10 Å². The number of benzene rings is 1. The molecular weight excluding hydrogens is 418 g/mol. The molecule has 10 heteroatoms. The smallest absolute Gasteiger partial charge is 0.277 e. The number of aryl methyl sites for hydroxylation is 1. The minimum Gasteiger partial charge on any atom is -0.380 e. The van der Waals surface area contributed by atoms with Crippen molar-refractivity contribution in [2.75, 3.05) is 31.4 Å². The number of halogens is 1. The highest BCUT2D eigenvalue weighted by Crippen LogP contribution is 2.38. The lowest BCUT2D eigenvalue weighted by atomic mass is 10.0. The Hall–Kier alpha value is -2.10. The summed E-state index contributed by atoms with van der Waals surface area (Å²) in [5, 5.41) is 2.76. The third-order valence-electron chi connectivity index (χ3n) is 5.15. The van der Waals surface area contributed by atoms with Gasteiger partial charge in [0.05, 0.1) is 21.7 Å². The highest BCUT2D eigenvalue weighted by molar-refractivity contribution is 7.90. The number of ketones is 1. The van der Waals surface area contributed by atoms with Gasteiger partial charge in [-0.15, -0.1) is 0 Å². The molecule has 1 aliphatic heterocycles. The molecule has 1 aliphatic rings. The number of nitrogens with one attached hydrogen (secondary N) is 1. The molecule has 0 saturated carbocycles. The van der Waals surface area contributed by atoms with E-state index in [0.29, 0.717) is 19.6 Å². The van der Waals surface area contributed by atoms with E-state index < -0.39 is 21.2 Å². The van der Waals surface area contributed by atoms with Crippen LogP contribution in [0.1, 0.15) is 35.7 Å². The van der Waals surface area contributed by atoms with E-state index in [1.807, 2.05) is 4.90 Å². The van der Waals surface area contributed by atoms with Crippen molar-refractivity contribution in [2.45, 2.75) is 37.3 Å². The van der Waals surface area contributed by atoms with Crippen molar-refractivity contribution < 1.29 is 17.9 Å². The van der Waals surface area contributed by atoms with Crippen molar-refractivity contribution in [3.05, 3.63) is 44.8 Å². The summed E-state index contributed by atoms with van der Waals surface area (Å²) in [7, 11) is -1.99. The second-order valence-corrected chi connectivity index (χ2v) is 9.42. The van der Waals surface area contributed by atoms with Gasteiger partial charge in [-0.1, -0.05) is 11.6 Å². The number of nitrogens with zero attached hydrogens (tertiary/aromatic N) is 2. The maximum absolute atomic E-state index is 13.0. The highest BCUT2D eigenvalue weighted by atomic mass is 35.5. The Labute approximate surface area is 174 Å². The van der Waals surface area contributed by atoms with Crippen LogP contribution in [0.2, 0.25) is 5.02 Å². The van der Waals surface area contributed by atoms with Crippen molar-refractivity contribution >= 4 is 32.9 Å². The molecule has 0 spiro atoms. The van der Waals surface area contributed by atoms with E-state index in [9.17, 15) is 18.0 Å². The first-order valence-corrected chi connectivity index (χ1v) is 11.6. The van der Waals surface area contributed by atoms with Crippen molar-refractivity contribution in [1.29, 1.82) is 0 Å². The zero-order chi connectivity index (χ0) is 21.3. The summed E-state index contributed by atoms with van der Waals surface area (Å²) in [6, 6.07) is 2.75. The largest absolute Gasteiger partial charge is 0.380 e. The summed E-state index contributed by atoms with van der Waals surface area (Å²) in [6.45, 7) is 3.22. The zero-order valence-corrected chi connectivity index (χ0v) is 18.1. The number of H-pyrrole nitrogens is 1. The monoisotopic (exact) mass is 441 g/mol. The SMILES string of the molecule is CCn1[nH]cc(C(=O)c2ccc(S(C)(=O)=O)c(N3CCCC(OC)C3)c2Cl)c1=O. The number of hydrogen-bond donors (Lipinski definition) is 1. The molecule has 8 nitrogen and oxygen atoms in total. The van der Waals surface area contributed by atoms with E-state index in [1.54, 1.807) is 14.0 Å². The van der Waals surface area contributed by atoms with Crippen molar-refractivity contribution in [3.8, 4) is 0 Å². The molecule has 0 amide bonds. The number of anilines is 1. The number of sulfone groups is 1. The van der Waals surface area contributed by atoms with Gasteiger partial charge in [0.25, 0.3) is 5.56 Å². The number of rotatable bonds is 6. The van der Waals surface area contributed by atoms with E-state index in [4.69, 9.17) is 16.3 Å². The van der Waals surface area contributed by atoms with Crippen LogP contribution >= 0.6 is 11.6 Å². The summed E-state index contributed by atoms with van der Waals surface area (Å²) in [4.78, 5) is 27.3. The first-order chi connectivity index (χ1) is 13.7. The Morgan fingerprint density at radius 2 is 2.07 bits per heavy atom. The second-order valence-electron chi connectivity index (χ2n) is 7.06. The van der Waals surface area contributed by atoms with Crippen LogP contribution in [-0.4, -0.2) is 56.5 Å². The molecule has 1 fully saturated rings. The fourth-order valence-corrected chi connectivity index (χ4v) is 4.92. The molecule has 29 heavy (non-hydrogen) atoms. The number of aromatic nitrogens is 2. The number of hydrogen-bond acceptors (Lipinski definition) is 6. The molecule has 158 valence electrons. The topological polar surface area (TPSA) is 101 Å². The maximum Gasteiger partial charge on any atom is 0.277 e. The highest BCUT2D eigenvalue weighted by Gasteiger charge is 2.30. The summed E-state index contributed by atoms with van der Waals surface area (Å²) in [6.07, 6.45) is 4.05. The number of aromatic amines is 1. The number of ether oxygens (including phenoxy) is 1. The van der Waals surface area contributed by atoms with E-state index in [-0.39, 0.29) is 32.8 Å². The predicted molar refractivity (Wildman–Crippen MR) is 111 cm³/mol. The summed E-state index contributed by atoms with van der Waals surface area (Å²) < 4.78 is 31.5. The molecule has 1 aromatic heterocycles. The Bertz CT molecular complexity index is 1090. The molecule has 1 aromatic carbocycles. The van der Waals surface area contributed by atoms with Crippen LogP contribution in [0, 0.1) is 0 Å². The summed E-state index contributed by atoms with van der Waals surface area (Å²) >= 11 is 6.60. The van der Waals surface area contributed by atoms with E-state index in [1.165, 1.54) is 23.0 Å². The standard InChI is InChI=1S/C19H24ClN3O5S/c1-4-23-19(25)14(10-21-23)18(24)13-7-8-15(29(3,26)27)17(16(13)20)22-9-5-6-12(11-22)28-2/h7-8,10,12,21H,4-6,9,11H2,1-3H3. The molecule has 1 atom stereocenters. The van der Waals surface area contributed by atoms with Crippen molar-refractivity contribution in [2.24, 2.45) is 0 Å². The molecule has 1 saturated heterocycles. The van der Waals surface area contributed by atoms with Crippen LogP contribution in [-0.2, 0) is 21.1 Å². The first kappa shape index (κ1) is 21.6. The quantitative estimate of drug-likeness (QED) is 0.689. The summed E-state index contributed by atoms with van der Waals surface area (Å²) in [5.74, 6) is -0.551. The Kier molecular flexibility index (Phi) is 6.21. The lowest BCUT2D eigenvalue weighted by Gasteiger charge is -2.35. The van der Waals surface area contributed by atoms with Crippen molar-refractivity contribution in [1.82, 2.24) is 9.78 Å². The Balaban J connectivity index is 2.14. The van der Waals surface area contributed by atoms with Gasteiger partial charge >= 0.3 is 0 Å². The van der Waals surface area contributed by atoms with Crippen LogP contribution in [0.25, 0.3) is 0 Å². The van der Waals surface area contributed by atoms with E-state index in [0.717, 1.165) is 19.1 Å². The number of piperidine rings is 1. The minimum absolute atomic E-state index is 0.0262. The molecule has 1 N–H and O–H groups in total. The fourth-order valence-electron chi connectivity index (χ4n) is 3.60. The van der Waals surface area contributed by atoms with Gasteiger partial charge in [0, 0.05) is 44.8 Å². The lowest BCUT2D eigenvalue weighted by molar-refractivity contribution is 0.0892. The maximum atomic E-state index is 13.0. The van der Waals surface area contributed by atoms with Crippen LogP contribution in [0.3, 0.4) is 0 Å². The summed E-state index contributed by atoms with van der Waals surface area (Å²) in [5.41, 5.74) is -0.110. The molecule has 1 unspecified atom stereocenters. The van der Waals surface area contributed by atoms with Gasteiger partial charge in [0.15, 0.2) is 9.84 Å². The molecule has 3 rings (SSSR count). The normalized spacial score (nSPS) is 17.5. The molecule has 2 aromatic rings. The average Bonchev–Trinajstić information content (AvgIpc) is 3.07. The number of methoxy groups -OCH3 is 1.